The van der Waals surface area contributed by atoms with Crippen molar-refractivity contribution < 1.29 is 9.53 Å². The number of ether oxygens (including phenoxy) is 1. The number of esters is 1. The Hall–Kier alpha value is -1.43. The summed E-state index contributed by atoms with van der Waals surface area (Å²) in [4.78, 5) is 15.3. The molecule has 1 aromatic heterocycles. The Morgan fingerprint density at radius 3 is 3.13 bits per heavy atom. The van der Waals surface area contributed by atoms with Crippen LogP contribution in [0.15, 0.2) is 0 Å². The van der Waals surface area contributed by atoms with Crippen LogP contribution in [0.1, 0.15) is 35.2 Å². The fourth-order valence-corrected chi connectivity index (χ4v) is 1.72. The van der Waals surface area contributed by atoms with E-state index < -0.39 is 5.97 Å². The third-order valence-corrected chi connectivity index (χ3v) is 2.55. The molecule has 82 valence electrons. The molecule has 1 unspecified atom stereocenters. The zero-order valence-electron chi connectivity index (χ0n) is 8.62. The standard InChI is InChI=1S/C9H14N4O2/c1-15-9(14)8-11-7(12-13-8)6-3-2-4-10-5-6/h6,10H,2-5H2,1H3,(H,11,12,13). The number of carbonyl (C=O) groups excluding carboxylic acids is 1. The van der Waals surface area contributed by atoms with Gasteiger partial charge in [-0.25, -0.2) is 9.78 Å². The second-order valence-electron chi connectivity index (χ2n) is 3.58. The molecule has 0 amide bonds. The number of hydrogen-bond acceptors (Lipinski definition) is 5. The molecule has 1 saturated heterocycles. The van der Waals surface area contributed by atoms with Gasteiger partial charge in [-0.3, -0.25) is 5.10 Å². The highest BCUT2D eigenvalue weighted by molar-refractivity contribution is 5.84. The molecule has 1 aliphatic heterocycles. The number of aromatic nitrogens is 3. The Morgan fingerprint density at radius 2 is 2.47 bits per heavy atom. The third kappa shape index (κ3) is 2.15. The van der Waals surface area contributed by atoms with Crippen LogP contribution in [-0.2, 0) is 4.74 Å². The van der Waals surface area contributed by atoms with Crippen molar-refractivity contribution in [2.75, 3.05) is 20.2 Å². The highest BCUT2D eigenvalue weighted by Crippen LogP contribution is 2.19. The topological polar surface area (TPSA) is 79.9 Å². The number of aromatic amines is 1. The molecule has 1 fully saturated rings. The number of nitrogens with one attached hydrogen (secondary N) is 2. The Kier molecular flexibility index (Phi) is 2.96. The van der Waals surface area contributed by atoms with Gasteiger partial charge >= 0.3 is 5.97 Å². The van der Waals surface area contributed by atoms with Gasteiger partial charge < -0.3 is 10.1 Å². The van der Waals surface area contributed by atoms with Crippen molar-refractivity contribution in [1.82, 2.24) is 20.5 Å². The van der Waals surface area contributed by atoms with Crippen LogP contribution in [0.3, 0.4) is 0 Å². The highest BCUT2D eigenvalue weighted by Gasteiger charge is 2.21. The van der Waals surface area contributed by atoms with E-state index in [0.29, 0.717) is 5.92 Å². The SMILES string of the molecule is COC(=O)c1n[nH]c(C2CCCNC2)n1. The fourth-order valence-electron chi connectivity index (χ4n) is 1.72. The first-order valence-electron chi connectivity index (χ1n) is 5.02. The second kappa shape index (κ2) is 4.39. The summed E-state index contributed by atoms with van der Waals surface area (Å²) in [6, 6.07) is 0. The molecule has 15 heavy (non-hydrogen) atoms. The van der Waals surface area contributed by atoms with Crippen molar-refractivity contribution in [3.8, 4) is 0 Å². The lowest BCUT2D eigenvalue weighted by molar-refractivity contribution is 0.0587. The molecule has 1 atom stereocenters. The lowest BCUT2D eigenvalue weighted by Crippen LogP contribution is -2.29. The summed E-state index contributed by atoms with van der Waals surface area (Å²) in [7, 11) is 1.32. The quantitative estimate of drug-likeness (QED) is 0.675. The van der Waals surface area contributed by atoms with E-state index in [4.69, 9.17) is 0 Å². The first-order chi connectivity index (χ1) is 7.31. The van der Waals surface area contributed by atoms with Crippen LogP contribution in [0.2, 0.25) is 0 Å². The van der Waals surface area contributed by atoms with Crippen LogP contribution in [0.25, 0.3) is 0 Å². The number of methoxy groups -OCH3 is 1. The van der Waals surface area contributed by atoms with E-state index in [9.17, 15) is 4.79 Å². The smallest absolute Gasteiger partial charge is 0.377 e. The molecule has 0 saturated carbocycles. The normalized spacial score (nSPS) is 21.3. The molecule has 2 N–H and O–H groups in total. The van der Waals surface area contributed by atoms with Crippen LogP contribution in [-0.4, -0.2) is 41.3 Å². The Balaban J connectivity index is 2.08. The minimum absolute atomic E-state index is 0.109. The van der Waals surface area contributed by atoms with Gasteiger partial charge in [0.05, 0.1) is 7.11 Å². The van der Waals surface area contributed by atoms with Crippen LogP contribution in [0.5, 0.6) is 0 Å². The van der Waals surface area contributed by atoms with E-state index in [1.807, 2.05) is 0 Å². The zero-order valence-corrected chi connectivity index (χ0v) is 8.62. The molecular formula is C9H14N4O2. The lowest BCUT2D eigenvalue weighted by atomic mass is 9.99. The molecular weight excluding hydrogens is 196 g/mol. The summed E-state index contributed by atoms with van der Waals surface area (Å²) in [5, 5.41) is 9.89. The van der Waals surface area contributed by atoms with Crippen molar-refractivity contribution >= 4 is 5.97 Å². The van der Waals surface area contributed by atoms with Crippen molar-refractivity contribution in [3.05, 3.63) is 11.6 Å². The minimum atomic E-state index is -0.499. The Labute approximate surface area is 87.4 Å². The number of piperidine rings is 1. The molecule has 6 nitrogen and oxygen atoms in total. The van der Waals surface area contributed by atoms with E-state index in [-0.39, 0.29) is 5.82 Å². The Morgan fingerprint density at radius 1 is 1.60 bits per heavy atom. The van der Waals surface area contributed by atoms with Crippen LogP contribution >= 0.6 is 0 Å². The van der Waals surface area contributed by atoms with E-state index in [1.165, 1.54) is 7.11 Å². The molecule has 1 aliphatic rings. The number of carbonyl (C=O) groups is 1. The third-order valence-electron chi connectivity index (χ3n) is 2.55. The van der Waals surface area contributed by atoms with Gasteiger partial charge in [-0.15, -0.1) is 5.10 Å². The van der Waals surface area contributed by atoms with Gasteiger partial charge in [0.15, 0.2) is 0 Å². The number of hydrogen-bond donors (Lipinski definition) is 2. The van der Waals surface area contributed by atoms with Crippen LogP contribution < -0.4 is 5.32 Å². The molecule has 0 aliphatic carbocycles. The van der Waals surface area contributed by atoms with Gasteiger partial charge in [0.2, 0.25) is 0 Å². The first kappa shape index (κ1) is 10.1. The molecule has 0 spiro atoms. The number of H-pyrrole nitrogens is 1. The number of nitrogens with zero attached hydrogens (tertiary/aromatic N) is 2. The summed E-state index contributed by atoms with van der Waals surface area (Å²) in [6.07, 6.45) is 2.20. The predicted molar refractivity (Wildman–Crippen MR) is 52.6 cm³/mol. The zero-order chi connectivity index (χ0) is 10.7. The largest absolute Gasteiger partial charge is 0.463 e. The van der Waals surface area contributed by atoms with E-state index in [1.54, 1.807) is 0 Å². The summed E-state index contributed by atoms with van der Waals surface area (Å²) in [6.45, 7) is 1.93. The maximum atomic E-state index is 11.1. The molecule has 0 aromatic carbocycles. The summed E-state index contributed by atoms with van der Waals surface area (Å²) in [5.74, 6) is 0.701. The van der Waals surface area contributed by atoms with Crippen LogP contribution in [0, 0.1) is 0 Å². The van der Waals surface area contributed by atoms with E-state index >= 15 is 0 Å². The maximum absolute atomic E-state index is 11.1. The number of rotatable bonds is 2. The highest BCUT2D eigenvalue weighted by atomic mass is 16.5. The van der Waals surface area contributed by atoms with Crippen molar-refractivity contribution in [2.24, 2.45) is 0 Å². The Bertz CT molecular complexity index is 344. The van der Waals surface area contributed by atoms with Crippen molar-refractivity contribution in [2.45, 2.75) is 18.8 Å². The average Bonchev–Trinajstić information content (AvgIpc) is 2.78. The molecule has 0 bridgehead atoms. The van der Waals surface area contributed by atoms with E-state index in [0.717, 1.165) is 31.8 Å². The molecule has 1 aromatic rings. The van der Waals surface area contributed by atoms with E-state index in [2.05, 4.69) is 25.2 Å². The van der Waals surface area contributed by atoms with Gasteiger partial charge in [-0.1, -0.05) is 0 Å². The second-order valence-corrected chi connectivity index (χ2v) is 3.58. The maximum Gasteiger partial charge on any atom is 0.377 e. The van der Waals surface area contributed by atoms with Crippen LogP contribution in [0.4, 0.5) is 0 Å². The van der Waals surface area contributed by atoms with Gasteiger partial charge in [0, 0.05) is 12.5 Å². The van der Waals surface area contributed by atoms with Gasteiger partial charge in [0.25, 0.3) is 5.82 Å². The monoisotopic (exact) mass is 210 g/mol. The molecule has 0 radical (unpaired) electrons. The molecule has 2 rings (SSSR count). The van der Waals surface area contributed by atoms with Gasteiger partial charge in [-0.2, -0.15) is 0 Å². The molecule has 2 heterocycles. The summed E-state index contributed by atoms with van der Waals surface area (Å²) >= 11 is 0. The first-order valence-corrected chi connectivity index (χ1v) is 5.02. The lowest BCUT2D eigenvalue weighted by Gasteiger charge is -2.19. The average molecular weight is 210 g/mol. The predicted octanol–water partition coefficient (Wildman–Crippen LogP) is 0.0583. The molecule has 6 heteroatoms. The fraction of sp³-hybridized carbons (Fsp3) is 0.667. The summed E-state index contributed by atoms with van der Waals surface area (Å²) in [5.41, 5.74) is 0. The summed E-state index contributed by atoms with van der Waals surface area (Å²) < 4.78 is 4.54. The van der Waals surface area contributed by atoms with Gasteiger partial charge in [0.1, 0.15) is 5.82 Å². The van der Waals surface area contributed by atoms with Crippen molar-refractivity contribution in [3.63, 3.8) is 0 Å². The van der Waals surface area contributed by atoms with Crippen molar-refractivity contribution in [1.29, 1.82) is 0 Å². The van der Waals surface area contributed by atoms with Gasteiger partial charge in [-0.05, 0) is 19.4 Å². The minimum Gasteiger partial charge on any atom is -0.463 e.